The van der Waals surface area contributed by atoms with Gasteiger partial charge < -0.3 is 25.6 Å². The molecule has 41 heavy (non-hydrogen) atoms. The van der Waals surface area contributed by atoms with E-state index in [0.29, 0.717) is 31.6 Å². The van der Waals surface area contributed by atoms with Gasteiger partial charge in [0.15, 0.2) is 0 Å². The first-order chi connectivity index (χ1) is 18.9. The Labute approximate surface area is 236 Å². The molecular formula is C23H23BrF6N4O7. The maximum absolute atomic E-state index is 12.6. The number of ether oxygens (including phenoxy) is 1. The lowest BCUT2D eigenvalue weighted by Gasteiger charge is -2.33. The Hall–Kier alpha value is -3.93. The maximum atomic E-state index is 12.6. The Balaban J connectivity index is 0.000000497. The van der Waals surface area contributed by atoms with Gasteiger partial charge in [0.1, 0.15) is 12.1 Å². The van der Waals surface area contributed by atoms with Crippen LogP contribution in [-0.4, -0.2) is 75.6 Å². The molecule has 0 radical (unpaired) electrons. The molecule has 1 saturated heterocycles. The quantitative estimate of drug-likeness (QED) is 0.348. The van der Waals surface area contributed by atoms with Gasteiger partial charge in [0, 0.05) is 48.5 Å². The van der Waals surface area contributed by atoms with Gasteiger partial charge in [-0.2, -0.15) is 26.3 Å². The van der Waals surface area contributed by atoms with E-state index in [1.165, 1.54) is 0 Å². The Kier molecular flexibility index (Phi) is 13.5. The number of amides is 2. The number of anilines is 1. The molecule has 2 amide bonds. The van der Waals surface area contributed by atoms with Crippen LogP contribution in [0.5, 0.6) is 0 Å². The molecule has 18 heteroatoms. The molecule has 0 saturated carbocycles. The first kappa shape index (κ1) is 35.1. The molecule has 1 aliphatic heterocycles. The van der Waals surface area contributed by atoms with Crippen molar-refractivity contribution < 1.29 is 60.5 Å². The molecule has 1 aliphatic rings. The third-order valence-corrected chi connectivity index (χ3v) is 5.46. The molecule has 11 nitrogen and oxygen atoms in total. The van der Waals surface area contributed by atoms with Crippen LogP contribution >= 0.6 is 15.9 Å². The second kappa shape index (κ2) is 15.8. The Morgan fingerprint density at radius 2 is 1.37 bits per heavy atom. The molecular weight excluding hydrogens is 638 g/mol. The van der Waals surface area contributed by atoms with Gasteiger partial charge in [-0.1, -0.05) is 28.1 Å². The summed E-state index contributed by atoms with van der Waals surface area (Å²) < 4.78 is 69.8. The number of nitrogens with zero attached hydrogens (tertiary/aromatic N) is 2. The van der Waals surface area contributed by atoms with Crippen molar-refractivity contribution >= 4 is 45.6 Å². The van der Waals surface area contributed by atoms with Gasteiger partial charge >= 0.3 is 30.4 Å². The summed E-state index contributed by atoms with van der Waals surface area (Å²) in [5, 5.41) is 16.9. The largest absolute Gasteiger partial charge is 0.490 e. The van der Waals surface area contributed by atoms with Gasteiger partial charge in [-0.3, -0.25) is 15.1 Å². The second-order valence-electron chi connectivity index (χ2n) is 7.93. The zero-order valence-corrected chi connectivity index (χ0v) is 22.2. The third-order valence-electron chi connectivity index (χ3n) is 4.93. The molecule has 1 aromatic heterocycles. The van der Waals surface area contributed by atoms with E-state index < -0.39 is 36.4 Å². The molecule has 3 rings (SSSR count). The molecule has 2 aromatic rings. The molecule has 0 spiro atoms. The van der Waals surface area contributed by atoms with Crippen molar-refractivity contribution in [3.8, 4) is 0 Å². The van der Waals surface area contributed by atoms with Crippen LogP contribution in [0.2, 0.25) is 0 Å². The molecule has 1 unspecified atom stereocenters. The Bertz CT molecular complexity index is 1140. The number of aliphatic carboxylic acids is 2. The number of carboxylic acid groups (broad SMARTS) is 2. The number of likely N-dealkylation sites (tertiary alicyclic amines) is 1. The van der Waals surface area contributed by atoms with E-state index in [2.05, 4.69) is 26.2 Å². The van der Waals surface area contributed by atoms with Crippen LogP contribution in [-0.2, 0) is 19.1 Å². The highest BCUT2D eigenvalue weighted by atomic mass is 79.9. The van der Waals surface area contributed by atoms with Crippen LogP contribution in [0.4, 0.5) is 36.8 Å². The SMILES string of the molecule is NC(C(=O)N1CCC(OC(=O)Nc2ccncc2)CC1)c1ccc(Br)cc1.O=C(O)C(F)(F)F.O=C(O)C(F)(F)F. The maximum Gasteiger partial charge on any atom is 0.490 e. The smallest absolute Gasteiger partial charge is 0.475 e. The highest BCUT2D eigenvalue weighted by Gasteiger charge is 2.39. The van der Waals surface area contributed by atoms with Crippen molar-refractivity contribution in [2.24, 2.45) is 5.73 Å². The highest BCUT2D eigenvalue weighted by Crippen LogP contribution is 2.21. The zero-order valence-electron chi connectivity index (χ0n) is 20.7. The van der Waals surface area contributed by atoms with Gasteiger partial charge in [0.2, 0.25) is 5.91 Å². The van der Waals surface area contributed by atoms with Gasteiger partial charge in [-0.05, 0) is 29.8 Å². The molecule has 5 N–H and O–H groups in total. The monoisotopic (exact) mass is 660 g/mol. The number of rotatable bonds is 4. The summed E-state index contributed by atoms with van der Waals surface area (Å²) in [5.41, 5.74) is 7.52. The number of alkyl halides is 6. The second-order valence-corrected chi connectivity index (χ2v) is 8.84. The number of carbonyl (C=O) groups excluding carboxylic acids is 2. The van der Waals surface area contributed by atoms with Gasteiger partial charge in [0.05, 0.1) is 0 Å². The van der Waals surface area contributed by atoms with E-state index in [1.807, 2.05) is 24.3 Å². The minimum atomic E-state index is -5.08. The van der Waals surface area contributed by atoms with Crippen LogP contribution in [0.1, 0.15) is 24.4 Å². The minimum Gasteiger partial charge on any atom is -0.475 e. The van der Waals surface area contributed by atoms with Gasteiger partial charge in [0.25, 0.3) is 0 Å². The van der Waals surface area contributed by atoms with Crippen molar-refractivity contribution in [1.82, 2.24) is 9.88 Å². The van der Waals surface area contributed by atoms with E-state index >= 15 is 0 Å². The van der Waals surface area contributed by atoms with Gasteiger partial charge in [-0.15, -0.1) is 0 Å². The summed E-state index contributed by atoms with van der Waals surface area (Å²) in [6.45, 7) is 1.02. The molecule has 0 aliphatic carbocycles. The number of pyridine rings is 1. The molecule has 1 aromatic carbocycles. The van der Waals surface area contributed by atoms with E-state index in [-0.39, 0.29) is 12.0 Å². The highest BCUT2D eigenvalue weighted by molar-refractivity contribution is 9.10. The third kappa shape index (κ3) is 13.3. The number of benzene rings is 1. The summed E-state index contributed by atoms with van der Waals surface area (Å²) in [6.07, 6.45) is -6.54. The van der Waals surface area contributed by atoms with Crippen LogP contribution < -0.4 is 11.1 Å². The van der Waals surface area contributed by atoms with E-state index in [0.717, 1.165) is 10.0 Å². The summed E-state index contributed by atoms with van der Waals surface area (Å²) in [7, 11) is 0. The van der Waals surface area contributed by atoms with Crippen LogP contribution in [0.25, 0.3) is 0 Å². The molecule has 2 heterocycles. The number of halogens is 7. The predicted octanol–water partition coefficient (Wildman–Crippen LogP) is 4.35. The lowest BCUT2D eigenvalue weighted by molar-refractivity contribution is -0.193. The van der Waals surface area contributed by atoms with E-state index in [9.17, 15) is 35.9 Å². The number of piperidine rings is 1. The van der Waals surface area contributed by atoms with Crippen molar-refractivity contribution in [3.05, 3.63) is 58.8 Å². The van der Waals surface area contributed by atoms with Crippen molar-refractivity contribution in [3.63, 3.8) is 0 Å². The molecule has 0 bridgehead atoms. The van der Waals surface area contributed by atoms with Crippen LogP contribution in [0.3, 0.4) is 0 Å². The lowest BCUT2D eigenvalue weighted by Crippen LogP contribution is -2.45. The van der Waals surface area contributed by atoms with Crippen LogP contribution in [0.15, 0.2) is 53.3 Å². The lowest BCUT2D eigenvalue weighted by atomic mass is 10.0. The number of aromatic nitrogens is 1. The summed E-state index contributed by atoms with van der Waals surface area (Å²) in [6, 6.07) is 10.1. The topological polar surface area (TPSA) is 172 Å². The van der Waals surface area contributed by atoms with Gasteiger partial charge in [-0.25, -0.2) is 14.4 Å². The van der Waals surface area contributed by atoms with E-state index in [1.54, 1.807) is 29.4 Å². The fourth-order valence-corrected chi connectivity index (χ4v) is 3.20. The fraction of sp³-hybridized carbons (Fsp3) is 0.348. The average molecular weight is 661 g/mol. The predicted molar refractivity (Wildman–Crippen MR) is 132 cm³/mol. The number of carbonyl (C=O) groups is 4. The van der Waals surface area contributed by atoms with Crippen molar-refractivity contribution in [2.45, 2.75) is 37.3 Å². The first-order valence-electron chi connectivity index (χ1n) is 11.2. The normalized spacial score (nSPS) is 14.3. The number of nitrogens with two attached hydrogens (primary N) is 1. The molecule has 1 fully saturated rings. The number of carboxylic acids is 2. The summed E-state index contributed by atoms with van der Waals surface area (Å²) >= 11 is 3.37. The first-order valence-corrected chi connectivity index (χ1v) is 12.0. The van der Waals surface area contributed by atoms with Crippen molar-refractivity contribution in [2.75, 3.05) is 18.4 Å². The van der Waals surface area contributed by atoms with E-state index in [4.69, 9.17) is 30.3 Å². The summed E-state index contributed by atoms with van der Waals surface area (Å²) in [5.74, 6) is -5.63. The average Bonchev–Trinajstić information content (AvgIpc) is 2.89. The number of hydrogen-bond acceptors (Lipinski definition) is 7. The standard InChI is InChI=1S/C19H21BrN4O3.2C2HF3O2/c20-14-3-1-13(2-4-14)17(21)18(25)24-11-7-16(8-12-24)27-19(26)23-15-5-9-22-10-6-15;2*3-2(4,5)1(6)7/h1-6,9-10,16-17H,7-8,11-12,21H2,(H,22,23,26);2*(H,6,7). The Morgan fingerprint density at radius 1 is 0.927 bits per heavy atom. The summed E-state index contributed by atoms with van der Waals surface area (Å²) in [4.78, 5) is 48.0. The number of nitrogens with one attached hydrogen (secondary N) is 1. The number of hydrogen-bond donors (Lipinski definition) is 4. The Morgan fingerprint density at radius 3 is 1.78 bits per heavy atom. The molecule has 1 atom stereocenters. The van der Waals surface area contributed by atoms with Crippen molar-refractivity contribution in [1.29, 1.82) is 0 Å². The van der Waals surface area contributed by atoms with Crippen LogP contribution in [0, 0.1) is 0 Å². The minimum absolute atomic E-state index is 0.114. The molecule has 226 valence electrons. The fourth-order valence-electron chi connectivity index (χ4n) is 2.94. The zero-order chi connectivity index (χ0) is 31.4.